The number of methoxy groups -OCH3 is 1. The molecule has 9 nitrogen and oxygen atoms in total. The molecular weight excluding hydrogens is 492 g/mol. The van der Waals surface area contributed by atoms with Crippen LogP contribution < -0.4 is 10.1 Å². The number of fused-ring (bicyclic) bond motifs is 1. The minimum Gasteiger partial charge on any atom is -0.496 e. The van der Waals surface area contributed by atoms with Crippen molar-refractivity contribution in [3.63, 3.8) is 0 Å². The van der Waals surface area contributed by atoms with E-state index in [0.717, 1.165) is 11.3 Å². The minimum absolute atomic E-state index is 0.0491. The number of hydrogen-bond donors (Lipinski definition) is 1. The first-order valence-corrected chi connectivity index (χ1v) is 13.4. The van der Waals surface area contributed by atoms with Crippen molar-refractivity contribution in [2.24, 2.45) is 0 Å². The summed E-state index contributed by atoms with van der Waals surface area (Å²) in [5.74, 6) is 0.466. The van der Waals surface area contributed by atoms with Crippen LogP contribution in [-0.2, 0) is 28.3 Å². The number of amides is 1. The minimum atomic E-state index is -3.98. The van der Waals surface area contributed by atoms with Gasteiger partial charge >= 0.3 is 0 Å². The molecule has 2 heterocycles. The van der Waals surface area contributed by atoms with Crippen LogP contribution in [0.2, 0.25) is 0 Å². The van der Waals surface area contributed by atoms with E-state index >= 15 is 0 Å². The molecule has 1 atom stereocenters. The highest BCUT2D eigenvalue weighted by Crippen LogP contribution is 2.39. The zero-order chi connectivity index (χ0) is 26.2. The molecule has 10 heteroatoms. The molecule has 0 bridgehead atoms. The lowest BCUT2D eigenvalue weighted by atomic mass is 9.69. The molecule has 1 aliphatic carbocycles. The van der Waals surface area contributed by atoms with E-state index in [4.69, 9.17) is 9.26 Å². The number of nitrogens with zero attached hydrogens (tertiary/aromatic N) is 3. The second kappa shape index (κ2) is 9.51. The van der Waals surface area contributed by atoms with Gasteiger partial charge in [-0.05, 0) is 44.4 Å². The third-order valence-electron chi connectivity index (χ3n) is 7.07. The summed E-state index contributed by atoms with van der Waals surface area (Å²) in [5, 5.41) is 6.91. The maximum atomic E-state index is 13.7. The molecule has 1 N–H and O–H groups in total. The topological polar surface area (TPSA) is 116 Å². The lowest BCUT2D eigenvalue weighted by Gasteiger charge is -2.38. The van der Waals surface area contributed by atoms with E-state index in [-0.39, 0.29) is 16.6 Å². The third-order valence-corrected chi connectivity index (χ3v) is 9.00. The summed E-state index contributed by atoms with van der Waals surface area (Å²) in [6, 6.07) is 16.9. The predicted molar refractivity (Wildman–Crippen MR) is 136 cm³/mol. The highest BCUT2D eigenvalue weighted by molar-refractivity contribution is 7.90. The van der Waals surface area contributed by atoms with Gasteiger partial charge in [0.15, 0.2) is 10.7 Å². The number of rotatable bonds is 7. The van der Waals surface area contributed by atoms with Crippen LogP contribution in [0, 0.1) is 13.8 Å². The number of carbonyl (C=O) groups excluding carboxylic acids is 1. The second-order valence-electron chi connectivity index (χ2n) is 9.30. The number of aryl methyl sites for hydroxylation is 3. The fourth-order valence-corrected chi connectivity index (χ4v) is 6.80. The van der Waals surface area contributed by atoms with Crippen LogP contribution in [0.3, 0.4) is 0 Å². The van der Waals surface area contributed by atoms with E-state index in [1.54, 1.807) is 32.0 Å². The second-order valence-corrected chi connectivity index (χ2v) is 11.0. The quantitative estimate of drug-likeness (QED) is 0.396. The summed E-state index contributed by atoms with van der Waals surface area (Å²) >= 11 is 0. The third kappa shape index (κ3) is 4.31. The molecule has 37 heavy (non-hydrogen) atoms. The molecule has 0 aliphatic heterocycles. The summed E-state index contributed by atoms with van der Waals surface area (Å²) in [4.78, 5) is 17.7. The van der Waals surface area contributed by atoms with Crippen LogP contribution in [-0.4, -0.2) is 42.1 Å². The van der Waals surface area contributed by atoms with Gasteiger partial charge in [0.2, 0.25) is 0 Å². The normalized spacial score (nSPS) is 17.3. The number of imidazole rings is 1. The average molecular weight is 521 g/mol. The monoisotopic (exact) mass is 520 g/mol. The highest BCUT2D eigenvalue weighted by Gasteiger charge is 2.41. The maximum absolute atomic E-state index is 13.7. The van der Waals surface area contributed by atoms with Crippen molar-refractivity contribution in [2.45, 2.75) is 43.4 Å². The lowest BCUT2D eigenvalue weighted by Crippen LogP contribution is -2.45. The van der Waals surface area contributed by atoms with Gasteiger partial charge in [0.05, 0.1) is 24.1 Å². The van der Waals surface area contributed by atoms with Crippen LogP contribution in [0.1, 0.15) is 45.2 Å². The van der Waals surface area contributed by atoms with Gasteiger partial charge in [-0.1, -0.05) is 47.6 Å². The molecule has 1 aliphatic rings. The molecule has 2 aromatic heterocycles. The van der Waals surface area contributed by atoms with E-state index < -0.39 is 15.4 Å². The number of benzene rings is 2. The zero-order valence-electron chi connectivity index (χ0n) is 20.9. The smallest absolute Gasteiger partial charge is 0.274 e. The summed E-state index contributed by atoms with van der Waals surface area (Å²) in [5.41, 5.74) is 2.55. The maximum Gasteiger partial charge on any atom is 0.274 e. The van der Waals surface area contributed by atoms with Crippen molar-refractivity contribution in [3.8, 4) is 5.75 Å². The Kier molecular flexibility index (Phi) is 6.36. The number of para-hydroxylation sites is 1. The van der Waals surface area contributed by atoms with Crippen molar-refractivity contribution in [2.75, 3.05) is 13.7 Å². The summed E-state index contributed by atoms with van der Waals surface area (Å²) in [6.45, 7) is 3.50. The van der Waals surface area contributed by atoms with E-state index in [1.807, 2.05) is 36.4 Å². The van der Waals surface area contributed by atoms with Gasteiger partial charge in [-0.15, -0.1) is 0 Å². The van der Waals surface area contributed by atoms with Gasteiger partial charge in [0, 0.05) is 18.4 Å². The number of aromatic nitrogens is 3. The van der Waals surface area contributed by atoms with Crippen LogP contribution in [0.15, 0.2) is 70.3 Å². The van der Waals surface area contributed by atoms with E-state index in [9.17, 15) is 13.2 Å². The van der Waals surface area contributed by atoms with Crippen molar-refractivity contribution in [3.05, 3.63) is 94.9 Å². The molecule has 0 radical (unpaired) electrons. The standard InChI is InChI=1S/C27H28N4O5S/c1-18-25(19(2)36-30-18)37(33,34)31-17-29-22-13-14-27(15-23(22)31,20-9-5-4-6-10-20)16-28-26(32)21-11-7-8-12-24(21)35-3/h4-12,17H,13-16H2,1-3H3,(H,28,32). The Morgan fingerprint density at radius 1 is 1.14 bits per heavy atom. The molecule has 0 saturated heterocycles. The largest absolute Gasteiger partial charge is 0.496 e. The SMILES string of the molecule is COc1ccccc1C(=O)NCC1(c2ccccc2)CCc2ncn(S(=O)(=O)c3c(C)noc3C)c2C1. The Balaban J connectivity index is 1.53. The molecule has 1 amide bonds. The Bertz CT molecular complexity index is 1540. The average Bonchev–Trinajstić information content (AvgIpc) is 3.50. The zero-order valence-corrected chi connectivity index (χ0v) is 21.7. The first-order chi connectivity index (χ1) is 17.8. The fraction of sp³-hybridized carbons (Fsp3) is 0.296. The number of ether oxygens (including phenoxy) is 1. The van der Waals surface area contributed by atoms with Crippen molar-refractivity contribution in [1.29, 1.82) is 0 Å². The molecular formula is C27H28N4O5S. The van der Waals surface area contributed by atoms with E-state index in [0.29, 0.717) is 48.5 Å². The van der Waals surface area contributed by atoms with Crippen molar-refractivity contribution in [1.82, 2.24) is 19.4 Å². The molecule has 192 valence electrons. The molecule has 2 aromatic carbocycles. The Labute approximate surface area is 215 Å². The van der Waals surface area contributed by atoms with Gasteiger partial charge in [-0.2, -0.15) is 0 Å². The van der Waals surface area contributed by atoms with Gasteiger partial charge in [0.25, 0.3) is 15.9 Å². The van der Waals surface area contributed by atoms with Gasteiger partial charge < -0.3 is 14.6 Å². The number of carbonyl (C=O) groups is 1. The highest BCUT2D eigenvalue weighted by atomic mass is 32.2. The van der Waals surface area contributed by atoms with Crippen molar-refractivity contribution < 1.29 is 22.5 Å². The van der Waals surface area contributed by atoms with Crippen LogP contribution >= 0.6 is 0 Å². The predicted octanol–water partition coefficient (Wildman–Crippen LogP) is 3.59. The molecule has 0 spiro atoms. The van der Waals surface area contributed by atoms with Gasteiger partial charge in [-0.3, -0.25) is 4.79 Å². The number of nitrogens with one attached hydrogen (secondary N) is 1. The molecule has 0 saturated carbocycles. The lowest BCUT2D eigenvalue weighted by molar-refractivity contribution is 0.0937. The van der Waals surface area contributed by atoms with E-state index in [1.165, 1.54) is 17.4 Å². The molecule has 5 rings (SSSR count). The van der Waals surface area contributed by atoms with Crippen LogP contribution in [0.25, 0.3) is 0 Å². The van der Waals surface area contributed by atoms with E-state index in [2.05, 4.69) is 15.5 Å². The summed E-state index contributed by atoms with van der Waals surface area (Å²) in [6.07, 6.45) is 3.00. The molecule has 4 aromatic rings. The van der Waals surface area contributed by atoms with Crippen LogP contribution in [0.4, 0.5) is 0 Å². The van der Waals surface area contributed by atoms with Crippen LogP contribution in [0.5, 0.6) is 5.75 Å². The Hall–Kier alpha value is -3.92. The Morgan fingerprint density at radius 2 is 1.86 bits per heavy atom. The molecule has 0 fully saturated rings. The fourth-order valence-electron chi connectivity index (χ4n) is 5.17. The first-order valence-electron chi connectivity index (χ1n) is 12.0. The molecule has 1 unspecified atom stereocenters. The van der Waals surface area contributed by atoms with Gasteiger partial charge in [-0.25, -0.2) is 17.4 Å². The summed E-state index contributed by atoms with van der Waals surface area (Å²) < 4.78 is 39.1. The first kappa shape index (κ1) is 24.8. The number of hydrogen-bond acceptors (Lipinski definition) is 7. The van der Waals surface area contributed by atoms with Crippen molar-refractivity contribution >= 4 is 15.9 Å². The summed E-state index contributed by atoms with van der Waals surface area (Å²) in [7, 11) is -2.45. The Morgan fingerprint density at radius 3 is 2.57 bits per heavy atom. The van der Waals surface area contributed by atoms with Gasteiger partial charge in [0.1, 0.15) is 17.8 Å².